The molecule has 1 heterocycles. The molecule has 0 saturated heterocycles. The van der Waals surface area contributed by atoms with Crippen molar-refractivity contribution in [3.05, 3.63) is 65.2 Å². The molecular formula is C20H24N2O. The fraction of sp³-hybridized carbons (Fsp3) is 0.350. The van der Waals surface area contributed by atoms with E-state index in [-0.39, 0.29) is 11.8 Å². The Morgan fingerprint density at radius 1 is 1.26 bits per heavy atom. The van der Waals surface area contributed by atoms with E-state index in [0.717, 1.165) is 18.5 Å². The standard InChI is InChI=1S/C20H24N2O/c1-14-11-18-12-17(9-10-19(18)21-14)20(23)15(2)22(3)13-16-7-5-4-6-8-16/h4-10,12,14-15,21H,11,13H2,1-3H3. The molecule has 23 heavy (non-hydrogen) atoms. The number of nitrogens with zero attached hydrogens (tertiary/aromatic N) is 1. The molecular weight excluding hydrogens is 284 g/mol. The molecule has 120 valence electrons. The number of hydrogen-bond acceptors (Lipinski definition) is 3. The summed E-state index contributed by atoms with van der Waals surface area (Å²) in [6, 6.07) is 16.6. The van der Waals surface area contributed by atoms with Gasteiger partial charge in [0.2, 0.25) is 0 Å². The van der Waals surface area contributed by atoms with Crippen LogP contribution in [0.15, 0.2) is 48.5 Å². The van der Waals surface area contributed by atoms with Crippen molar-refractivity contribution >= 4 is 11.5 Å². The first-order valence-electron chi connectivity index (χ1n) is 8.22. The van der Waals surface area contributed by atoms with Gasteiger partial charge in [0, 0.05) is 23.8 Å². The van der Waals surface area contributed by atoms with Gasteiger partial charge in [0.05, 0.1) is 6.04 Å². The summed E-state index contributed by atoms with van der Waals surface area (Å²) < 4.78 is 0. The van der Waals surface area contributed by atoms with Crippen LogP contribution in [-0.2, 0) is 13.0 Å². The van der Waals surface area contributed by atoms with Crippen molar-refractivity contribution in [3.8, 4) is 0 Å². The number of carbonyl (C=O) groups excluding carboxylic acids is 1. The van der Waals surface area contributed by atoms with Gasteiger partial charge in [-0.1, -0.05) is 30.3 Å². The molecule has 2 unspecified atom stereocenters. The van der Waals surface area contributed by atoms with Crippen LogP contribution in [0.3, 0.4) is 0 Å². The van der Waals surface area contributed by atoms with Gasteiger partial charge in [0.1, 0.15) is 0 Å². The minimum absolute atomic E-state index is 0.139. The van der Waals surface area contributed by atoms with Crippen molar-refractivity contribution < 1.29 is 4.79 Å². The molecule has 2 aromatic carbocycles. The highest BCUT2D eigenvalue weighted by atomic mass is 16.1. The van der Waals surface area contributed by atoms with Crippen molar-refractivity contribution in [2.24, 2.45) is 0 Å². The number of likely N-dealkylation sites (N-methyl/N-ethyl adjacent to an activating group) is 1. The Kier molecular flexibility index (Phi) is 4.49. The van der Waals surface area contributed by atoms with Crippen molar-refractivity contribution in [1.29, 1.82) is 0 Å². The van der Waals surface area contributed by atoms with E-state index in [2.05, 4.69) is 35.3 Å². The summed E-state index contributed by atoms with van der Waals surface area (Å²) in [6.45, 7) is 4.93. The first kappa shape index (κ1) is 15.8. The highest BCUT2D eigenvalue weighted by molar-refractivity contribution is 6.00. The second kappa shape index (κ2) is 6.55. The van der Waals surface area contributed by atoms with E-state index in [0.29, 0.717) is 6.04 Å². The fourth-order valence-electron chi connectivity index (χ4n) is 3.15. The Morgan fingerprint density at radius 2 is 2.00 bits per heavy atom. The molecule has 0 aromatic heterocycles. The average Bonchev–Trinajstić information content (AvgIpc) is 2.93. The number of Topliss-reactive ketones (excluding diaryl/α,β-unsaturated/α-hetero) is 1. The molecule has 3 nitrogen and oxygen atoms in total. The molecule has 0 radical (unpaired) electrons. The van der Waals surface area contributed by atoms with Crippen molar-refractivity contribution in [2.75, 3.05) is 12.4 Å². The van der Waals surface area contributed by atoms with Crippen molar-refractivity contribution in [3.63, 3.8) is 0 Å². The predicted molar refractivity (Wildman–Crippen MR) is 94.9 cm³/mol. The van der Waals surface area contributed by atoms with E-state index in [4.69, 9.17) is 0 Å². The highest BCUT2D eigenvalue weighted by Gasteiger charge is 2.23. The molecule has 0 bridgehead atoms. The average molecular weight is 308 g/mol. The zero-order chi connectivity index (χ0) is 16.4. The largest absolute Gasteiger partial charge is 0.382 e. The van der Waals surface area contributed by atoms with Gasteiger partial charge in [-0.2, -0.15) is 0 Å². The van der Waals surface area contributed by atoms with Gasteiger partial charge in [-0.15, -0.1) is 0 Å². The van der Waals surface area contributed by atoms with E-state index in [1.165, 1.54) is 16.8 Å². The lowest BCUT2D eigenvalue weighted by atomic mass is 10.00. The van der Waals surface area contributed by atoms with Crippen LogP contribution in [0.5, 0.6) is 0 Å². The van der Waals surface area contributed by atoms with E-state index in [1.54, 1.807) is 0 Å². The zero-order valence-electron chi connectivity index (χ0n) is 14.0. The van der Waals surface area contributed by atoms with Crippen molar-refractivity contribution in [2.45, 2.75) is 38.9 Å². The number of ketones is 1. The number of hydrogen-bond donors (Lipinski definition) is 1. The van der Waals surface area contributed by atoms with E-state index >= 15 is 0 Å². The van der Waals surface area contributed by atoms with Gasteiger partial charge in [0.15, 0.2) is 5.78 Å². The third-order valence-electron chi connectivity index (χ3n) is 4.63. The lowest BCUT2D eigenvalue weighted by molar-refractivity contribution is 0.0862. The van der Waals surface area contributed by atoms with E-state index in [1.807, 2.05) is 44.3 Å². The van der Waals surface area contributed by atoms with Gasteiger partial charge in [-0.25, -0.2) is 0 Å². The monoisotopic (exact) mass is 308 g/mol. The zero-order valence-corrected chi connectivity index (χ0v) is 14.0. The van der Waals surface area contributed by atoms with Crippen LogP contribution in [0.2, 0.25) is 0 Å². The lowest BCUT2D eigenvalue weighted by Gasteiger charge is -2.24. The van der Waals surface area contributed by atoms with Crippen molar-refractivity contribution in [1.82, 2.24) is 4.90 Å². The summed E-state index contributed by atoms with van der Waals surface area (Å²) in [7, 11) is 2.01. The molecule has 3 rings (SSSR count). The van der Waals surface area contributed by atoms with E-state index < -0.39 is 0 Å². The molecule has 3 heteroatoms. The van der Waals surface area contributed by atoms with Gasteiger partial charge in [-0.05, 0) is 56.6 Å². The lowest BCUT2D eigenvalue weighted by Crippen LogP contribution is -2.35. The third-order valence-corrected chi connectivity index (χ3v) is 4.63. The third kappa shape index (κ3) is 3.45. The Labute approximate surface area is 138 Å². The molecule has 2 aromatic rings. The predicted octanol–water partition coefficient (Wildman–Crippen LogP) is 3.75. The Bertz CT molecular complexity index is 696. The molecule has 1 aliphatic rings. The summed E-state index contributed by atoms with van der Waals surface area (Å²) >= 11 is 0. The first-order valence-corrected chi connectivity index (χ1v) is 8.22. The fourth-order valence-corrected chi connectivity index (χ4v) is 3.15. The second-order valence-electron chi connectivity index (χ2n) is 6.56. The van der Waals surface area contributed by atoms with Crippen LogP contribution < -0.4 is 5.32 Å². The van der Waals surface area contributed by atoms with Gasteiger partial charge in [0.25, 0.3) is 0 Å². The maximum Gasteiger partial charge on any atom is 0.179 e. The molecule has 0 saturated carbocycles. The van der Waals surface area contributed by atoms with Crippen LogP contribution >= 0.6 is 0 Å². The highest BCUT2D eigenvalue weighted by Crippen LogP contribution is 2.27. The van der Waals surface area contributed by atoms with Crippen LogP contribution in [0.4, 0.5) is 5.69 Å². The summed E-state index contributed by atoms with van der Waals surface area (Å²) in [5.41, 5.74) is 4.45. The number of benzene rings is 2. The molecule has 1 N–H and O–H groups in total. The summed E-state index contributed by atoms with van der Waals surface area (Å²) in [6.07, 6.45) is 0.991. The maximum atomic E-state index is 12.8. The van der Waals surface area contributed by atoms with E-state index in [9.17, 15) is 4.79 Å². The second-order valence-corrected chi connectivity index (χ2v) is 6.56. The van der Waals surface area contributed by atoms with Crippen LogP contribution in [0.25, 0.3) is 0 Å². The van der Waals surface area contributed by atoms with Gasteiger partial charge < -0.3 is 5.32 Å². The molecule has 0 amide bonds. The minimum atomic E-state index is -0.139. The van der Waals surface area contributed by atoms with Crippen LogP contribution in [0.1, 0.15) is 35.3 Å². The summed E-state index contributed by atoms with van der Waals surface area (Å²) in [5.74, 6) is 0.186. The number of nitrogens with one attached hydrogen (secondary N) is 1. The topological polar surface area (TPSA) is 32.3 Å². The normalized spacial score (nSPS) is 17.7. The first-order chi connectivity index (χ1) is 11.0. The number of rotatable bonds is 5. The maximum absolute atomic E-state index is 12.8. The Balaban J connectivity index is 1.71. The Hall–Kier alpha value is -2.13. The minimum Gasteiger partial charge on any atom is -0.382 e. The van der Waals surface area contributed by atoms with Crippen LogP contribution in [-0.4, -0.2) is 29.8 Å². The molecule has 1 aliphatic heterocycles. The molecule has 0 fully saturated rings. The summed E-state index contributed by atoms with van der Waals surface area (Å²) in [4.78, 5) is 14.9. The summed E-state index contributed by atoms with van der Waals surface area (Å²) in [5, 5.41) is 3.43. The number of fused-ring (bicyclic) bond motifs is 1. The quantitative estimate of drug-likeness (QED) is 0.854. The number of carbonyl (C=O) groups is 1. The SMILES string of the molecule is CC1Cc2cc(C(=O)C(C)N(C)Cc3ccccc3)ccc2N1. The molecule has 0 spiro atoms. The molecule has 0 aliphatic carbocycles. The Morgan fingerprint density at radius 3 is 2.74 bits per heavy atom. The van der Waals surface area contributed by atoms with Gasteiger partial charge >= 0.3 is 0 Å². The molecule has 2 atom stereocenters. The number of anilines is 1. The smallest absolute Gasteiger partial charge is 0.179 e. The van der Waals surface area contributed by atoms with Gasteiger partial charge in [-0.3, -0.25) is 9.69 Å². The van der Waals surface area contributed by atoms with Crippen LogP contribution in [0, 0.1) is 0 Å².